The Kier molecular flexibility index (Phi) is 6.67. The van der Waals surface area contributed by atoms with Gasteiger partial charge in [0, 0.05) is 26.1 Å². The first-order chi connectivity index (χ1) is 11.1. The number of nitrogens with zero attached hydrogens (tertiary/aromatic N) is 2. The van der Waals surface area contributed by atoms with E-state index in [0.717, 1.165) is 12.1 Å². The van der Waals surface area contributed by atoms with Crippen molar-refractivity contribution in [1.29, 1.82) is 0 Å². The molecule has 1 aromatic rings. The van der Waals surface area contributed by atoms with Gasteiger partial charge in [-0.3, -0.25) is 4.79 Å². The minimum atomic E-state index is 0.179. The Balaban J connectivity index is 1.81. The van der Waals surface area contributed by atoms with Gasteiger partial charge in [-0.1, -0.05) is 6.07 Å². The second-order valence-corrected chi connectivity index (χ2v) is 6.02. The number of morpholine rings is 1. The molecule has 128 valence electrons. The Hall–Kier alpha value is -1.79. The second kappa shape index (κ2) is 8.74. The van der Waals surface area contributed by atoms with E-state index in [4.69, 9.17) is 15.2 Å². The first kappa shape index (κ1) is 17.6. The molecule has 0 unspecified atom stereocenters. The molecule has 6 heteroatoms. The Morgan fingerprint density at radius 3 is 2.74 bits per heavy atom. The van der Waals surface area contributed by atoms with Gasteiger partial charge in [0.1, 0.15) is 12.4 Å². The van der Waals surface area contributed by atoms with E-state index < -0.39 is 0 Å². The van der Waals surface area contributed by atoms with Crippen molar-refractivity contribution in [2.75, 3.05) is 59.3 Å². The number of rotatable bonds is 7. The molecule has 6 nitrogen and oxygen atoms in total. The van der Waals surface area contributed by atoms with Crippen LogP contribution in [0.2, 0.25) is 0 Å². The van der Waals surface area contributed by atoms with Gasteiger partial charge in [0.25, 0.3) is 0 Å². The molecule has 1 fully saturated rings. The highest BCUT2D eigenvalue weighted by atomic mass is 16.5. The zero-order valence-electron chi connectivity index (χ0n) is 14.1. The number of nitrogen functional groups attached to an aromatic ring is 1. The lowest BCUT2D eigenvalue weighted by molar-refractivity contribution is -0.135. The number of benzene rings is 1. The van der Waals surface area contributed by atoms with E-state index in [-0.39, 0.29) is 5.91 Å². The molecule has 0 aromatic heterocycles. The van der Waals surface area contributed by atoms with Crippen LogP contribution in [0.15, 0.2) is 18.2 Å². The lowest BCUT2D eigenvalue weighted by atomic mass is 10.1. The molecule has 1 aliphatic rings. The van der Waals surface area contributed by atoms with Gasteiger partial charge in [-0.2, -0.15) is 0 Å². The molecule has 0 atom stereocenters. The molecule has 1 amide bonds. The molecule has 1 heterocycles. The lowest BCUT2D eigenvalue weighted by Gasteiger charge is -2.26. The number of ether oxygens (including phenoxy) is 2. The highest BCUT2D eigenvalue weighted by molar-refractivity contribution is 5.76. The van der Waals surface area contributed by atoms with Crippen LogP contribution in [0.25, 0.3) is 0 Å². The summed E-state index contributed by atoms with van der Waals surface area (Å²) < 4.78 is 10.9. The number of nitrogens with two attached hydrogens (primary N) is 1. The van der Waals surface area contributed by atoms with Crippen molar-refractivity contribution < 1.29 is 14.3 Å². The molecule has 0 saturated carbocycles. The number of carbonyl (C=O) groups excluding carboxylic acids is 1. The number of likely N-dealkylation sites (N-methyl/N-ethyl adjacent to an activating group) is 1. The largest absolute Gasteiger partial charge is 0.490 e. The van der Waals surface area contributed by atoms with E-state index in [1.807, 2.05) is 37.2 Å². The third kappa shape index (κ3) is 5.73. The third-order valence-corrected chi connectivity index (χ3v) is 3.86. The molecule has 0 aliphatic carbocycles. The molecule has 1 aromatic carbocycles. The van der Waals surface area contributed by atoms with Crippen LogP contribution in [0.1, 0.15) is 12.0 Å². The van der Waals surface area contributed by atoms with Crippen LogP contribution in [0.5, 0.6) is 5.75 Å². The smallest absolute Gasteiger partial charge is 0.223 e. The summed E-state index contributed by atoms with van der Waals surface area (Å²) in [5.41, 5.74) is 7.72. The second-order valence-electron chi connectivity index (χ2n) is 6.02. The topological polar surface area (TPSA) is 68.0 Å². The number of hydrogen-bond acceptors (Lipinski definition) is 5. The molecule has 1 aliphatic heterocycles. The van der Waals surface area contributed by atoms with Crippen LogP contribution in [0.4, 0.5) is 5.69 Å². The van der Waals surface area contributed by atoms with Gasteiger partial charge >= 0.3 is 0 Å². The van der Waals surface area contributed by atoms with E-state index in [9.17, 15) is 4.79 Å². The van der Waals surface area contributed by atoms with Gasteiger partial charge < -0.3 is 25.0 Å². The summed E-state index contributed by atoms with van der Waals surface area (Å²) in [7, 11) is 4.00. The monoisotopic (exact) mass is 321 g/mol. The fraction of sp³-hybridized carbons (Fsp3) is 0.588. The van der Waals surface area contributed by atoms with Crippen LogP contribution < -0.4 is 10.5 Å². The third-order valence-electron chi connectivity index (χ3n) is 3.86. The maximum atomic E-state index is 12.1. The number of aryl methyl sites for hydroxylation is 1. The van der Waals surface area contributed by atoms with Crippen LogP contribution in [-0.2, 0) is 16.0 Å². The highest BCUT2D eigenvalue weighted by Gasteiger charge is 2.16. The summed E-state index contributed by atoms with van der Waals surface area (Å²) >= 11 is 0. The molecule has 2 N–H and O–H groups in total. The van der Waals surface area contributed by atoms with Crippen LogP contribution in [0, 0.1) is 0 Å². The summed E-state index contributed by atoms with van der Waals surface area (Å²) in [6.45, 7) is 4.11. The average molecular weight is 321 g/mol. The zero-order chi connectivity index (χ0) is 16.7. The predicted molar refractivity (Wildman–Crippen MR) is 90.6 cm³/mol. The minimum absolute atomic E-state index is 0.179. The van der Waals surface area contributed by atoms with Crippen molar-refractivity contribution in [2.45, 2.75) is 12.8 Å². The quantitative estimate of drug-likeness (QED) is 0.759. The summed E-state index contributed by atoms with van der Waals surface area (Å²) in [6.07, 6.45) is 1.19. The van der Waals surface area contributed by atoms with E-state index in [1.165, 1.54) is 0 Å². The Morgan fingerprint density at radius 1 is 1.35 bits per heavy atom. The molecule has 23 heavy (non-hydrogen) atoms. The van der Waals surface area contributed by atoms with E-state index in [2.05, 4.69) is 4.90 Å². The zero-order valence-corrected chi connectivity index (χ0v) is 14.1. The molecule has 2 rings (SSSR count). The number of anilines is 1. The first-order valence-corrected chi connectivity index (χ1v) is 8.07. The van der Waals surface area contributed by atoms with E-state index in [0.29, 0.717) is 57.2 Å². The van der Waals surface area contributed by atoms with E-state index in [1.54, 1.807) is 0 Å². The summed E-state index contributed by atoms with van der Waals surface area (Å²) in [4.78, 5) is 16.1. The summed E-state index contributed by atoms with van der Waals surface area (Å²) in [5, 5.41) is 0. The van der Waals surface area contributed by atoms with Crippen LogP contribution >= 0.6 is 0 Å². The Labute approximate surface area is 138 Å². The normalized spacial score (nSPS) is 15.0. The van der Waals surface area contributed by atoms with Crippen molar-refractivity contribution in [1.82, 2.24) is 9.80 Å². The predicted octanol–water partition coefficient (Wildman–Crippen LogP) is 1.00. The fourth-order valence-corrected chi connectivity index (χ4v) is 2.45. The maximum Gasteiger partial charge on any atom is 0.223 e. The maximum absolute atomic E-state index is 12.1. The molecule has 1 saturated heterocycles. The van der Waals surface area contributed by atoms with Gasteiger partial charge in [-0.15, -0.1) is 0 Å². The van der Waals surface area contributed by atoms with E-state index >= 15 is 0 Å². The van der Waals surface area contributed by atoms with Crippen molar-refractivity contribution in [3.63, 3.8) is 0 Å². The Bertz CT molecular complexity index is 514. The van der Waals surface area contributed by atoms with Gasteiger partial charge in [-0.05, 0) is 38.2 Å². The van der Waals surface area contributed by atoms with Crippen LogP contribution in [0.3, 0.4) is 0 Å². The standard InChI is InChI=1S/C17H27N3O3/c1-19(2)7-12-23-16-5-3-14(13-15(16)18)4-6-17(21)20-8-10-22-11-9-20/h3,5,13H,4,6-12,18H2,1-2H3. The van der Waals surface area contributed by atoms with Crippen molar-refractivity contribution in [3.05, 3.63) is 23.8 Å². The average Bonchev–Trinajstić information content (AvgIpc) is 2.55. The minimum Gasteiger partial charge on any atom is -0.490 e. The molecule has 0 spiro atoms. The number of carbonyl (C=O) groups is 1. The molecule has 0 radical (unpaired) electrons. The number of hydrogen-bond donors (Lipinski definition) is 1. The Morgan fingerprint density at radius 2 is 2.09 bits per heavy atom. The van der Waals surface area contributed by atoms with Crippen molar-refractivity contribution in [3.8, 4) is 5.75 Å². The van der Waals surface area contributed by atoms with Crippen LogP contribution in [-0.4, -0.2) is 69.3 Å². The van der Waals surface area contributed by atoms with Crippen molar-refractivity contribution >= 4 is 11.6 Å². The fourth-order valence-electron chi connectivity index (χ4n) is 2.45. The molecular weight excluding hydrogens is 294 g/mol. The van der Waals surface area contributed by atoms with Gasteiger partial charge in [0.05, 0.1) is 18.9 Å². The summed E-state index contributed by atoms with van der Waals surface area (Å²) in [6, 6.07) is 5.77. The molecular formula is C17H27N3O3. The first-order valence-electron chi connectivity index (χ1n) is 8.07. The highest BCUT2D eigenvalue weighted by Crippen LogP contribution is 2.23. The number of amides is 1. The molecule has 0 bridgehead atoms. The van der Waals surface area contributed by atoms with Gasteiger partial charge in [0.2, 0.25) is 5.91 Å². The van der Waals surface area contributed by atoms with Gasteiger partial charge in [-0.25, -0.2) is 0 Å². The SMILES string of the molecule is CN(C)CCOc1ccc(CCC(=O)N2CCOCC2)cc1N. The lowest BCUT2D eigenvalue weighted by Crippen LogP contribution is -2.40. The summed E-state index contributed by atoms with van der Waals surface area (Å²) in [5.74, 6) is 0.883. The van der Waals surface area contributed by atoms with Gasteiger partial charge in [0.15, 0.2) is 0 Å². The van der Waals surface area contributed by atoms with Crippen molar-refractivity contribution in [2.24, 2.45) is 0 Å².